The number of pyridine rings is 1. The Balaban J connectivity index is 1.79. The van der Waals surface area contributed by atoms with E-state index in [-0.39, 0.29) is 30.4 Å². The van der Waals surface area contributed by atoms with Gasteiger partial charge in [0.1, 0.15) is 18.4 Å². The molecule has 1 amide bonds. The molecule has 1 aromatic heterocycles. The summed E-state index contributed by atoms with van der Waals surface area (Å²) in [6.07, 6.45) is 2.47. The van der Waals surface area contributed by atoms with E-state index in [4.69, 9.17) is 14.2 Å². The van der Waals surface area contributed by atoms with Crippen molar-refractivity contribution in [2.75, 3.05) is 13.7 Å². The van der Waals surface area contributed by atoms with Gasteiger partial charge < -0.3 is 19.1 Å². The summed E-state index contributed by atoms with van der Waals surface area (Å²) in [6, 6.07) is 17.2. The van der Waals surface area contributed by atoms with E-state index in [0.717, 1.165) is 33.6 Å². The zero-order valence-electron chi connectivity index (χ0n) is 22.8. The van der Waals surface area contributed by atoms with Crippen LogP contribution in [0.15, 0.2) is 60.8 Å². The van der Waals surface area contributed by atoms with Crippen LogP contribution in [-0.4, -0.2) is 41.5 Å². The first kappa shape index (κ1) is 27.2. The third kappa shape index (κ3) is 5.98. The Morgan fingerprint density at radius 3 is 2.53 bits per heavy atom. The Bertz CT molecular complexity index is 1280. The first-order chi connectivity index (χ1) is 18.2. The molecule has 1 aliphatic rings. The molecule has 2 aromatic carbocycles. The first-order valence-electron chi connectivity index (χ1n) is 13.0. The predicted octanol–water partition coefficient (Wildman–Crippen LogP) is 5.69. The van der Waals surface area contributed by atoms with Crippen LogP contribution in [0.5, 0.6) is 11.6 Å². The van der Waals surface area contributed by atoms with Crippen LogP contribution >= 0.6 is 0 Å². The van der Waals surface area contributed by atoms with Crippen molar-refractivity contribution in [1.82, 2.24) is 9.88 Å². The highest BCUT2D eigenvalue weighted by molar-refractivity contribution is 5.88. The van der Waals surface area contributed by atoms with Crippen LogP contribution in [0.3, 0.4) is 0 Å². The van der Waals surface area contributed by atoms with Gasteiger partial charge in [0.15, 0.2) is 0 Å². The molecule has 7 nitrogen and oxygen atoms in total. The number of ether oxygens (including phenoxy) is 3. The lowest BCUT2D eigenvalue weighted by Gasteiger charge is -2.28. The fourth-order valence-electron chi connectivity index (χ4n) is 4.79. The monoisotopic (exact) mass is 516 g/mol. The summed E-state index contributed by atoms with van der Waals surface area (Å²) in [5.41, 5.74) is 4.39. The van der Waals surface area contributed by atoms with Gasteiger partial charge in [0.25, 0.3) is 0 Å². The van der Waals surface area contributed by atoms with Gasteiger partial charge in [0.05, 0.1) is 13.7 Å². The molecule has 0 spiro atoms. The number of aromatic nitrogens is 1. The van der Waals surface area contributed by atoms with Crippen molar-refractivity contribution in [3.8, 4) is 22.8 Å². The number of likely N-dealkylation sites (tertiary alicyclic amines) is 1. The standard InChI is InChI=1S/C31H36N2O5/c1-6-37-30(35)26-14-15-28(34)33(26)19-22-17-27(36-5)25(31(2,3)4)18-24(22)23-13-10-16-32-29(23)38-20-21-11-8-7-9-12-21/h7-13,16-18,26H,6,14-15,19-20H2,1-5H3. The Kier molecular flexibility index (Phi) is 8.35. The SMILES string of the molecule is CCOC(=O)C1CCC(=O)N1Cc1cc(OC)c(C(C)(C)C)cc1-c1cccnc1OCc1ccccc1. The average Bonchev–Trinajstić information content (AvgIpc) is 3.27. The van der Waals surface area contributed by atoms with E-state index in [1.54, 1.807) is 25.1 Å². The summed E-state index contributed by atoms with van der Waals surface area (Å²) < 4.78 is 17.3. The van der Waals surface area contributed by atoms with Gasteiger partial charge in [0, 0.05) is 30.3 Å². The fraction of sp³-hybridized carbons (Fsp3) is 0.387. The van der Waals surface area contributed by atoms with E-state index in [2.05, 4.69) is 31.8 Å². The largest absolute Gasteiger partial charge is 0.496 e. The highest BCUT2D eigenvalue weighted by Crippen LogP contribution is 2.41. The van der Waals surface area contributed by atoms with Crippen molar-refractivity contribution in [2.45, 2.75) is 65.1 Å². The van der Waals surface area contributed by atoms with Crippen LogP contribution in [0.2, 0.25) is 0 Å². The van der Waals surface area contributed by atoms with Crippen LogP contribution in [0.4, 0.5) is 0 Å². The second-order valence-corrected chi connectivity index (χ2v) is 10.4. The van der Waals surface area contributed by atoms with Crippen molar-refractivity contribution in [3.05, 3.63) is 77.5 Å². The van der Waals surface area contributed by atoms with Crippen molar-refractivity contribution in [3.63, 3.8) is 0 Å². The van der Waals surface area contributed by atoms with Crippen molar-refractivity contribution in [2.24, 2.45) is 0 Å². The molecule has 1 unspecified atom stereocenters. The molecular formula is C31H36N2O5. The number of benzene rings is 2. The van der Waals surface area contributed by atoms with Gasteiger partial charge in [-0.15, -0.1) is 0 Å². The minimum atomic E-state index is -0.605. The van der Waals surface area contributed by atoms with E-state index in [1.165, 1.54) is 0 Å². The second kappa shape index (κ2) is 11.7. The smallest absolute Gasteiger partial charge is 0.328 e. The molecular weight excluding hydrogens is 480 g/mol. The summed E-state index contributed by atoms with van der Waals surface area (Å²) in [5.74, 6) is 0.787. The number of rotatable bonds is 9. The normalized spacial score (nSPS) is 15.4. The minimum absolute atomic E-state index is 0.0698. The topological polar surface area (TPSA) is 78.0 Å². The quantitative estimate of drug-likeness (QED) is 0.340. The number of carbonyl (C=O) groups is 2. The maximum absolute atomic E-state index is 12.9. The van der Waals surface area contributed by atoms with Gasteiger partial charge in [-0.1, -0.05) is 51.1 Å². The van der Waals surface area contributed by atoms with Crippen LogP contribution in [0.1, 0.15) is 57.2 Å². The number of methoxy groups -OCH3 is 1. The summed E-state index contributed by atoms with van der Waals surface area (Å²) >= 11 is 0. The minimum Gasteiger partial charge on any atom is -0.496 e. The van der Waals surface area contributed by atoms with Crippen LogP contribution < -0.4 is 9.47 Å². The van der Waals surface area contributed by atoms with Crippen molar-refractivity contribution < 1.29 is 23.8 Å². The Morgan fingerprint density at radius 2 is 1.84 bits per heavy atom. The van der Waals surface area contributed by atoms with E-state index in [1.807, 2.05) is 48.5 Å². The molecule has 38 heavy (non-hydrogen) atoms. The lowest BCUT2D eigenvalue weighted by molar-refractivity contribution is -0.151. The molecule has 1 fully saturated rings. The predicted molar refractivity (Wildman–Crippen MR) is 146 cm³/mol. The average molecular weight is 517 g/mol. The van der Waals surface area contributed by atoms with Gasteiger partial charge >= 0.3 is 5.97 Å². The van der Waals surface area contributed by atoms with Crippen LogP contribution in [0.25, 0.3) is 11.1 Å². The molecule has 1 atom stereocenters. The number of amides is 1. The first-order valence-corrected chi connectivity index (χ1v) is 13.0. The zero-order valence-corrected chi connectivity index (χ0v) is 22.8. The van der Waals surface area contributed by atoms with Gasteiger partial charge in [-0.2, -0.15) is 0 Å². The Morgan fingerprint density at radius 1 is 1.08 bits per heavy atom. The molecule has 200 valence electrons. The van der Waals surface area contributed by atoms with Gasteiger partial charge in [-0.25, -0.2) is 9.78 Å². The van der Waals surface area contributed by atoms with Crippen LogP contribution in [0, 0.1) is 0 Å². The Hall–Kier alpha value is -3.87. The highest BCUT2D eigenvalue weighted by atomic mass is 16.5. The van der Waals surface area contributed by atoms with Crippen molar-refractivity contribution >= 4 is 11.9 Å². The van der Waals surface area contributed by atoms with Gasteiger partial charge in [-0.3, -0.25) is 4.79 Å². The molecule has 1 saturated heterocycles. The number of esters is 1. The summed E-state index contributed by atoms with van der Waals surface area (Å²) in [5, 5.41) is 0. The van der Waals surface area contributed by atoms with Gasteiger partial charge in [0.2, 0.25) is 11.8 Å². The molecule has 2 heterocycles. The van der Waals surface area contributed by atoms with E-state index < -0.39 is 6.04 Å². The highest BCUT2D eigenvalue weighted by Gasteiger charge is 2.37. The number of hydrogen-bond donors (Lipinski definition) is 0. The molecule has 0 saturated carbocycles. The number of nitrogens with zero attached hydrogens (tertiary/aromatic N) is 2. The third-order valence-corrected chi connectivity index (χ3v) is 6.74. The van der Waals surface area contributed by atoms with Crippen molar-refractivity contribution in [1.29, 1.82) is 0 Å². The van der Waals surface area contributed by atoms with E-state index >= 15 is 0 Å². The molecule has 3 aromatic rings. The number of hydrogen-bond acceptors (Lipinski definition) is 6. The third-order valence-electron chi connectivity index (χ3n) is 6.74. The molecule has 0 N–H and O–H groups in total. The van der Waals surface area contributed by atoms with Crippen LogP contribution in [-0.2, 0) is 32.9 Å². The maximum atomic E-state index is 12.9. The Labute approximate surface area is 224 Å². The lowest BCUT2D eigenvalue weighted by Crippen LogP contribution is -2.39. The molecule has 7 heteroatoms. The van der Waals surface area contributed by atoms with Gasteiger partial charge in [-0.05, 0) is 59.7 Å². The molecule has 0 bridgehead atoms. The van der Waals surface area contributed by atoms with E-state index in [9.17, 15) is 9.59 Å². The molecule has 0 aliphatic carbocycles. The summed E-state index contributed by atoms with van der Waals surface area (Å²) in [7, 11) is 1.65. The molecule has 1 aliphatic heterocycles. The summed E-state index contributed by atoms with van der Waals surface area (Å²) in [4.78, 5) is 31.7. The second-order valence-electron chi connectivity index (χ2n) is 10.4. The molecule has 0 radical (unpaired) electrons. The molecule has 4 rings (SSSR count). The summed E-state index contributed by atoms with van der Waals surface area (Å²) in [6.45, 7) is 9.05. The number of carbonyl (C=O) groups excluding carboxylic acids is 2. The zero-order chi connectivity index (χ0) is 27.3. The maximum Gasteiger partial charge on any atom is 0.328 e. The fourth-order valence-corrected chi connectivity index (χ4v) is 4.79. The lowest BCUT2D eigenvalue weighted by atomic mass is 9.83. The van der Waals surface area contributed by atoms with E-state index in [0.29, 0.717) is 25.3 Å².